The van der Waals surface area contributed by atoms with E-state index >= 15 is 0 Å². The summed E-state index contributed by atoms with van der Waals surface area (Å²) >= 11 is 0. The van der Waals surface area contributed by atoms with Gasteiger partial charge in [-0.2, -0.15) is 0 Å². The van der Waals surface area contributed by atoms with Crippen LogP contribution in [0.1, 0.15) is 0 Å². The van der Waals surface area contributed by atoms with Crippen LogP contribution in [0.2, 0.25) is 0 Å². The van der Waals surface area contributed by atoms with Crippen LogP contribution in [0.3, 0.4) is 0 Å². The molecule has 1 N–H and O–H groups in total. The largest absolute Gasteiger partial charge is 0.569 e. The normalized spacial score (nSPS) is 9.25. The lowest BCUT2D eigenvalue weighted by molar-refractivity contribution is 0.365. The molecule has 0 saturated heterocycles. The van der Waals surface area contributed by atoms with Gasteiger partial charge in [0.25, 0.3) is 0 Å². The lowest BCUT2D eigenvalue weighted by Crippen LogP contribution is -2.01. The summed E-state index contributed by atoms with van der Waals surface area (Å²) < 4.78 is 21.8. The topological polar surface area (TPSA) is 51.6 Å². The molecule has 1 radical (unpaired) electrons. The van der Waals surface area contributed by atoms with Crippen LogP contribution in [0.5, 0.6) is 11.6 Å². The van der Waals surface area contributed by atoms with Crippen molar-refractivity contribution < 1.29 is 18.8 Å². The van der Waals surface area contributed by atoms with E-state index < -0.39 is 5.82 Å². The fraction of sp³-hybridized carbons (Fsp3) is 0.167. The molecule has 1 aromatic rings. The van der Waals surface area contributed by atoms with Crippen molar-refractivity contribution in [2.75, 3.05) is 7.11 Å². The molecule has 0 aliphatic carbocycles. The van der Waals surface area contributed by atoms with Crippen LogP contribution in [0.4, 0.5) is 4.39 Å². The van der Waals surface area contributed by atoms with E-state index in [4.69, 9.17) is 5.02 Å². The fourth-order valence-corrected chi connectivity index (χ4v) is 0.683. The standard InChI is InChI=1S/C6H6BFNO3/c1-11-6-5(8)2-4(3-9-6)12-7-10/h2-3,10H,1H3. The van der Waals surface area contributed by atoms with Gasteiger partial charge in [-0.05, 0) is 0 Å². The van der Waals surface area contributed by atoms with Gasteiger partial charge in [-0.25, -0.2) is 9.37 Å². The number of hydrogen-bond donors (Lipinski definition) is 1. The van der Waals surface area contributed by atoms with Gasteiger partial charge in [0, 0.05) is 6.07 Å². The van der Waals surface area contributed by atoms with E-state index in [1.54, 1.807) is 0 Å². The second-order valence-electron chi connectivity index (χ2n) is 1.89. The predicted octanol–water partition coefficient (Wildman–Crippen LogP) is 0.135. The molecule has 12 heavy (non-hydrogen) atoms. The Morgan fingerprint density at radius 1 is 1.67 bits per heavy atom. The van der Waals surface area contributed by atoms with Gasteiger partial charge in [0.2, 0.25) is 5.88 Å². The average Bonchev–Trinajstić information content (AvgIpc) is 2.05. The van der Waals surface area contributed by atoms with Gasteiger partial charge in [0.1, 0.15) is 5.75 Å². The van der Waals surface area contributed by atoms with E-state index in [-0.39, 0.29) is 11.6 Å². The lowest BCUT2D eigenvalue weighted by atomic mass is 10.3. The number of ether oxygens (including phenoxy) is 1. The molecule has 0 bridgehead atoms. The van der Waals surface area contributed by atoms with Crippen LogP contribution in [0.25, 0.3) is 0 Å². The smallest absolute Gasteiger partial charge is 0.536 e. The highest BCUT2D eigenvalue weighted by molar-refractivity contribution is 6.17. The Kier molecular flexibility index (Phi) is 2.87. The molecule has 0 saturated carbocycles. The second kappa shape index (κ2) is 3.92. The van der Waals surface area contributed by atoms with Crippen molar-refractivity contribution in [1.29, 1.82) is 0 Å². The Morgan fingerprint density at radius 3 is 2.92 bits per heavy atom. The van der Waals surface area contributed by atoms with E-state index in [9.17, 15) is 4.39 Å². The third-order valence-electron chi connectivity index (χ3n) is 1.16. The molecule has 0 aliphatic rings. The van der Waals surface area contributed by atoms with Crippen molar-refractivity contribution in [3.8, 4) is 11.6 Å². The first-order valence-electron chi connectivity index (χ1n) is 3.10. The zero-order chi connectivity index (χ0) is 8.97. The number of hydrogen-bond acceptors (Lipinski definition) is 4. The minimum absolute atomic E-state index is 0.107. The van der Waals surface area contributed by atoms with Gasteiger partial charge in [0.05, 0.1) is 13.3 Å². The zero-order valence-corrected chi connectivity index (χ0v) is 6.32. The first-order chi connectivity index (χ1) is 5.77. The maximum atomic E-state index is 12.8. The Labute approximate surface area is 69.3 Å². The molecule has 0 aliphatic heterocycles. The molecule has 4 nitrogen and oxygen atoms in total. The molecule has 0 amide bonds. The molecule has 1 heterocycles. The SMILES string of the molecule is COc1ncc(O[B]O)cc1F. The van der Waals surface area contributed by atoms with Crippen molar-refractivity contribution in [2.24, 2.45) is 0 Å². The quantitative estimate of drug-likeness (QED) is 0.655. The lowest BCUT2D eigenvalue weighted by Gasteiger charge is -2.03. The fourth-order valence-electron chi connectivity index (χ4n) is 0.683. The number of methoxy groups -OCH3 is 1. The highest BCUT2D eigenvalue weighted by Gasteiger charge is 2.05. The van der Waals surface area contributed by atoms with Gasteiger partial charge in [-0.1, -0.05) is 0 Å². The third kappa shape index (κ3) is 1.85. The van der Waals surface area contributed by atoms with E-state index in [0.29, 0.717) is 7.69 Å². The molecular weight excluding hydrogens is 164 g/mol. The van der Waals surface area contributed by atoms with Crippen LogP contribution in [0.15, 0.2) is 12.3 Å². The molecule has 0 fully saturated rings. The Morgan fingerprint density at radius 2 is 2.42 bits per heavy atom. The summed E-state index contributed by atoms with van der Waals surface area (Å²) in [7, 11) is 1.76. The first-order valence-corrected chi connectivity index (χ1v) is 3.10. The Bertz CT molecular complexity index is 271. The Hall–Kier alpha value is -1.30. The number of aromatic nitrogens is 1. The van der Waals surface area contributed by atoms with Crippen LogP contribution < -0.4 is 9.39 Å². The van der Waals surface area contributed by atoms with E-state index in [0.717, 1.165) is 6.07 Å². The summed E-state index contributed by atoms with van der Waals surface area (Å²) in [5.74, 6) is -0.645. The van der Waals surface area contributed by atoms with Gasteiger partial charge in [0.15, 0.2) is 5.82 Å². The van der Waals surface area contributed by atoms with Crippen molar-refractivity contribution in [2.45, 2.75) is 0 Å². The maximum absolute atomic E-state index is 12.8. The number of nitrogens with zero attached hydrogens (tertiary/aromatic N) is 1. The number of pyridine rings is 1. The average molecular weight is 170 g/mol. The van der Waals surface area contributed by atoms with Gasteiger partial charge in [-0.3, -0.25) is 0 Å². The summed E-state index contributed by atoms with van der Waals surface area (Å²) in [5, 5.41) is 8.21. The van der Waals surface area contributed by atoms with Gasteiger partial charge in [-0.15, -0.1) is 0 Å². The molecule has 0 atom stereocenters. The predicted molar refractivity (Wildman–Crippen MR) is 39.3 cm³/mol. The van der Waals surface area contributed by atoms with Crippen molar-refractivity contribution >= 4 is 7.69 Å². The molecule has 63 valence electrons. The van der Waals surface area contributed by atoms with Crippen LogP contribution in [-0.2, 0) is 0 Å². The van der Waals surface area contributed by atoms with Crippen LogP contribution in [0, 0.1) is 5.82 Å². The van der Waals surface area contributed by atoms with Crippen molar-refractivity contribution in [3.63, 3.8) is 0 Å². The van der Waals surface area contributed by atoms with E-state index in [2.05, 4.69) is 14.4 Å². The molecule has 0 spiro atoms. The molecule has 1 rings (SSSR count). The minimum atomic E-state index is -0.642. The highest BCUT2D eigenvalue weighted by atomic mass is 19.1. The minimum Gasteiger partial charge on any atom is -0.536 e. The highest BCUT2D eigenvalue weighted by Crippen LogP contribution is 2.17. The molecule has 1 aromatic heterocycles. The summed E-state index contributed by atoms with van der Waals surface area (Å²) in [4.78, 5) is 3.56. The van der Waals surface area contributed by atoms with E-state index in [1.165, 1.54) is 13.3 Å². The molecule has 0 unspecified atom stereocenters. The molecular formula is C6H6BFNO3. The van der Waals surface area contributed by atoms with E-state index in [1.807, 2.05) is 0 Å². The van der Waals surface area contributed by atoms with Gasteiger partial charge >= 0.3 is 7.69 Å². The Balaban J connectivity index is 2.86. The van der Waals surface area contributed by atoms with Gasteiger partial charge < -0.3 is 14.4 Å². The summed E-state index contributed by atoms with van der Waals surface area (Å²) in [5.41, 5.74) is 0. The first kappa shape index (κ1) is 8.80. The van der Waals surface area contributed by atoms with Crippen molar-refractivity contribution in [3.05, 3.63) is 18.1 Å². The van der Waals surface area contributed by atoms with Crippen LogP contribution >= 0.6 is 0 Å². The maximum Gasteiger partial charge on any atom is 0.569 e. The zero-order valence-electron chi connectivity index (χ0n) is 6.32. The second-order valence-corrected chi connectivity index (χ2v) is 1.89. The monoisotopic (exact) mass is 170 g/mol. The summed E-state index contributed by atoms with van der Waals surface area (Å²) in [6.07, 6.45) is 1.23. The number of rotatable bonds is 3. The number of halogens is 1. The van der Waals surface area contributed by atoms with Crippen LogP contribution in [-0.4, -0.2) is 24.8 Å². The molecule has 6 heteroatoms. The summed E-state index contributed by atoms with van der Waals surface area (Å²) in [6, 6.07) is 1.05. The molecule has 0 aromatic carbocycles. The van der Waals surface area contributed by atoms with Crippen molar-refractivity contribution in [1.82, 2.24) is 4.98 Å². The summed E-state index contributed by atoms with van der Waals surface area (Å²) in [6.45, 7) is 0. The third-order valence-corrected chi connectivity index (χ3v) is 1.16.